The van der Waals surface area contributed by atoms with Gasteiger partial charge in [-0.3, -0.25) is 14.9 Å². The van der Waals surface area contributed by atoms with E-state index in [1.54, 1.807) is 16.5 Å². The monoisotopic (exact) mass is 337 g/mol. The number of aryl methyl sites for hydroxylation is 2. The van der Waals surface area contributed by atoms with Crippen molar-refractivity contribution in [3.63, 3.8) is 0 Å². The molecule has 9 heteroatoms. The zero-order valence-electron chi connectivity index (χ0n) is 13.3. The second-order valence-electron chi connectivity index (χ2n) is 5.60. The van der Waals surface area contributed by atoms with Gasteiger partial charge in [0, 0.05) is 31.5 Å². The Hall–Kier alpha value is -2.00. The molecule has 2 aromatic rings. The molecule has 1 aliphatic rings. The number of rotatable bonds is 5. The van der Waals surface area contributed by atoms with E-state index in [-0.39, 0.29) is 30.1 Å². The van der Waals surface area contributed by atoms with E-state index < -0.39 is 0 Å². The Balaban J connectivity index is 1.65. The maximum Gasteiger partial charge on any atom is 0.250 e. The third-order valence-electron chi connectivity index (χ3n) is 4.03. The average Bonchev–Trinajstić information content (AvgIpc) is 3.14. The molecule has 2 aromatic heterocycles. The summed E-state index contributed by atoms with van der Waals surface area (Å²) in [6.45, 7) is 5.36. The fourth-order valence-electron chi connectivity index (χ4n) is 2.57. The van der Waals surface area contributed by atoms with Crippen LogP contribution < -0.4 is 5.32 Å². The molecule has 0 aliphatic carbocycles. The fraction of sp³-hybridized carbons (Fsp3) is 0.571. The van der Waals surface area contributed by atoms with Crippen LogP contribution in [0.3, 0.4) is 0 Å². The van der Waals surface area contributed by atoms with Crippen molar-refractivity contribution in [2.75, 3.05) is 32.1 Å². The van der Waals surface area contributed by atoms with Gasteiger partial charge in [-0.1, -0.05) is 11.3 Å². The van der Waals surface area contributed by atoms with Crippen LogP contribution in [0.1, 0.15) is 17.0 Å². The van der Waals surface area contributed by atoms with Crippen LogP contribution in [-0.4, -0.2) is 58.1 Å². The number of ether oxygens (including phenoxy) is 1. The molecule has 23 heavy (non-hydrogen) atoms. The van der Waals surface area contributed by atoms with Crippen LogP contribution in [0.5, 0.6) is 0 Å². The number of hydrogen-bond acceptors (Lipinski definition) is 6. The Morgan fingerprint density at radius 3 is 2.96 bits per heavy atom. The molecule has 1 fully saturated rings. The molecule has 0 bridgehead atoms. The van der Waals surface area contributed by atoms with Crippen molar-refractivity contribution in [1.29, 1.82) is 0 Å². The maximum atomic E-state index is 12.3. The minimum Gasteiger partial charge on any atom is -0.383 e. The van der Waals surface area contributed by atoms with Crippen LogP contribution >= 0.6 is 11.3 Å². The highest BCUT2D eigenvalue weighted by molar-refractivity contribution is 7.17. The summed E-state index contributed by atoms with van der Waals surface area (Å²) < 4.78 is 6.70. The molecule has 1 saturated heterocycles. The average molecular weight is 337 g/mol. The SMILES string of the molecule is COCCN1CC(C(=O)Nc2nc3sc(C)c(C)n3n2)CC1=O. The smallest absolute Gasteiger partial charge is 0.250 e. The Labute approximate surface area is 137 Å². The molecule has 0 aromatic carbocycles. The van der Waals surface area contributed by atoms with Crippen molar-refractivity contribution in [3.05, 3.63) is 10.6 Å². The van der Waals surface area contributed by atoms with Crippen LogP contribution in [0.2, 0.25) is 0 Å². The third-order valence-corrected chi connectivity index (χ3v) is 5.08. The summed E-state index contributed by atoms with van der Waals surface area (Å²) >= 11 is 1.53. The molecule has 3 heterocycles. The van der Waals surface area contributed by atoms with Crippen molar-refractivity contribution >= 4 is 34.1 Å². The molecule has 8 nitrogen and oxygen atoms in total. The number of nitrogens with one attached hydrogen (secondary N) is 1. The number of nitrogens with zero attached hydrogens (tertiary/aromatic N) is 4. The molecule has 1 aliphatic heterocycles. The molecule has 3 rings (SSSR count). The summed E-state index contributed by atoms with van der Waals surface area (Å²) in [6.07, 6.45) is 0.218. The number of hydrogen-bond donors (Lipinski definition) is 1. The normalized spacial score (nSPS) is 18.1. The lowest BCUT2D eigenvalue weighted by atomic mass is 10.1. The number of methoxy groups -OCH3 is 1. The van der Waals surface area contributed by atoms with Crippen LogP contribution in [0.4, 0.5) is 5.95 Å². The van der Waals surface area contributed by atoms with Crippen molar-refractivity contribution in [2.24, 2.45) is 5.92 Å². The van der Waals surface area contributed by atoms with E-state index in [1.165, 1.54) is 11.3 Å². The first-order valence-electron chi connectivity index (χ1n) is 7.40. The first-order chi connectivity index (χ1) is 11.0. The van der Waals surface area contributed by atoms with Gasteiger partial charge in [0.1, 0.15) is 0 Å². The molecular formula is C14H19N5O3S. The van der Waals surface area contributed by atoms with Gasteiger partial charge in [-0.05, 0) is 13.8 Å². The highest BCUT2D eigenvalue weighted by Gasteiger charge is 2.34. The molecular weight excluding hydrogens is 318 g/mol. The van der Waals surface area contributed by atoms with Crippen LogP contribution in [0, 0.1) is 19.8 Å². The van der Waals surface area contributed by atoms with E-state index in [1.807, 2.05) is 13.8 Å². The van der Waals surface area contributed by atoms with Gasteiger partial charge in [0.25, 0.3) is 0 Å². The second-order valence-corrected chi connectivity index (χ2v) is 6.78. The number of anilines is 1. The highest BCUT2D eigenvalue weighted by atomic mass is 32.1. The molecule has 1 atom stereocenters. The summed E-state index contributed by atoms with van der Waals surface area (Å²) in [4.78, 5) is 32.1. The number of aromatic nitrogens is 3. The number of fused-ring (bicyclic) bond motifs is 1. The second kappa shape index (κ2) is 6.25. The van der Waals surface area contributed by atoms with Gasteiger partial charge in [0.05, 0.1) is 18.2 Å². The van der Waals surface area contributed by atoms with Crippen LogP contribution in [0.15, 0.2) is 0 Å². The maximum absolute atomic E-state index is 12.3. The van der Waals surface area contributed by atoms with Crippen LogP contribution in [0.25, 0.3) is 4.96 Å². The lowest BCUT2D eigenvalue weighted by Gasteiger charge is -2.15. The summed E-state index contributed by atoms with van der Waals surface area (Å²) in [5.41, 5.74) is 1.01. The summed E-state index contributed by atoms with van der Waals surface area (Å²) in [5.74, 6) is -0.325. The van der Waals surface area contributed by atoms with Gasteiger partial charge in [-0.25, -0.2) is 4.52 Å². The molecule has 1 N–H and O–H groups in total. The Bertz CT molecular complexity index is 753. The minimum absolute atomic E-state index is 0.0209. The number of carbonyl (C=O) groups is 2. The standard InChI is InChI=1S/C14H19N5O3S/c1-8-9(2)23-14-16-13(17-19(8)14)15-12(21)10-6-11(20)18(7-10)4-5-22-3/h10H,4-7H2,1-3H3,(H,15,17,21). The van der Waals surface area contributed by atoms with Gasteiger partial charge < -0.3 is 9.64 Å². The van der Waals surface area contributed by atoms with E-state index in [9.17, 15) is 9.59 Å². The third kappa shape index (κ3) is 3.06. The van der Waals surface area contributed by atoms with E-state index in [2.05, 4.69) is 15.4 Å². The summed E-state index contributed by atoms with van der Waals surface area (Å²) in [6, 6.07) is 0. The largest absolute Gasteiger partial charge is 0.383 e. The molecule has 0 radical (unpaired) electrons. The molecule has 2 amide bonds. The van der Waals surface area contributed by atoms with Crippen LogP contribution in [-0.2, 0) is 14.3 Å². The van der Waals surface area contributed by atoms with E-state index in [0.29, 0.717) is 19.7 Å². The van der Waals surface area contributed by atoms with Gasteiger partial charge in [0.2, 0.25) is 22.7 Å². The van der Waals surface area contributed by atoms with Gasteiger partial charge >= 0.3 is 0 Å². The minimum atomic E-state index is -0.372. The van der Waals surface area contributed by atoms with Gasteiger partial charge in [-0.15, -0.1) is 5.10 Å². The van der Waals surface area contributed by atoms with E-state index >= 15 is 0 Å². The fourth-order valence-corrected chi connectivity index (χ4v) is 3.48. The first-order valence-corrected chi connectivity index (χ1v) is 8.21. The quantitative estimate of drug-likeness (QED) is 0.873. The summed E-state index contributed by atoms with van der Waals surface area (Å²) in [7, 11) is 1.59. The zero-order valence-corrected chi connectivity index (χ0v) is 14.1. The zero-order chi connectivity index (χ0) is 16.6. The lowest BCUT2D eigenvalue weighted by molar-refractivity contribution is -0.128. The molecule has 0 spiro atoms. The van der Waals surface area contributed by atoms with E-state index in [4.69, 9.17) is 4.74 Å². The number of likely N-dealkylation sites (tertiary alicyclic amines) is 1. The Kier molecular flexibility index (Phi) is 4.31. The van der Waals surface area contributed by atoms with Crippen molar-refractivity contribution in [3.8, 4) is 0 Å². The highest BCUT2D eigenvalue weighted by Crippen LogP contribution is 2.22. The molecule has 1 unspecified atom stereocenters. The lowest BCUT2D eigenvalue weighted by Crippen LogP contribution is -2.31. The van der Waals surface area contributed by atoms with Crippen molar-refractivity contribution < 1.29 is 14.3 Å². The number of carbonyl (C=O) groups excluding carboxylic acids is 2. The Morgan fingerprint density at radius 1 is 1.48 bits per heavy atom. The molecule has 124 valence electrons. The predicted molar refractivity (Wildman–Crippen MR) is 85.5 cm³/mol. The predicted octanol–water partition coefficient (Wildman–Crippen LogP) is 0.841. The topological polar surface area (TPSA) is 88.8 Å². The van der Waals surface area contributed by atoms with E-state index in [0.717, 1.165) is 15.5 Å². The number of thiazole rings is 1. The van der Waals surface area contributed by atoms with Gasteiger partial charge in [-0.2, -0.15) is 4.98 Å². The first kappa shape index (κ1) is 15.9. The summed E-state index contributed by atoms with van der Waals surface area (Å²) in [5, 5.41) is 7.02. The van der Waals surface area contributed by atoms with Gasteiger partial charge in [0.15, 0.2) is 0 Å². The van der Waals surface area contributed by atoms with Crippen molar-refractivity contribution in [2.45, 2.75) is 20.3 Å². The number of amides is 2. The Morgan fingerprint density at radius 2 is 2.26 bits per heavy atom. The molecule has 0 saturated carbocycles. The van der Waals surface area contributed by atoms with Crippen molar-refractivity contribution in [1.82, 2.24) is 19.5 Å².